The maximum absolute atomic E-state index is 12.5. The number of alkyl halides is 1. The molecule has 0 unspecified atom stereocenters. The lowest BCUT2D eigenvalue weighted by Crippen LogP contribution is -2.32. The lowest BCUT2D eigenvalue weighted by Gasteiger charge is -2.24. The normalized spacial score (nSPS) is 27.2. The van der Waals surface area contributed by atoms with Crippen LogP contribution in [0.3, 0.4) is 0 Å². The summed E-state index contributed by atoms with van der Waals surface area (Å²) < 4.78 is 15.0. The molecule has 40 heavy (non-hydrogen) atoms. The summed E-state index contributed by atoms with van der Waals surface area (Å²) in [6, 6.07) is 7.30. The Kier molecular flexibility index (Phi) is 8.39. The van der Waals surface area contributed by atoms with Crippen LogP contribution in [0.4, 0.5) is 4.79 Å². The van der Waals surface area contributed by atoms with Crippen molar-refractivity contribution in [1.82, 2.24) is 13.4 Å². The number of hydrogen-bond acceptors (Lipinski definition) is 7. The monoisotopic (exact) mass is 681 g/mol. The van der Waals surface area contributed by atoms with Crippen LogP contribution in [0.15, 0.2) is 57.7 Å². The van der Waals surface area contributed by atoms with Gasteiger partial charge < -0.3 is 19.5 Å². The zero-order valence-corrected chi connectivity index (χ0v) is 25.2. The van der Waals surface area contributed by atoms with Crippen LogP contribution in [0.5, 0.6) is 0 Å². The maximum Gasteiger partial charge on any atom is 0.407 e. The molecule has 2 aromatic rings. The number of epoxide rings is 1. The lowest BCUT2D eigenvalue weighted by molar-refractivity contribution is -0.140. The van der Waals surface area contributed by atoms with Crippen LogP contribution in [0, 0.1) is 5.92 Å². The molecule has 1 aromatic heterocycles. The Morgan fingerprint density at radius 3 is 2.65 bits per heavy atom. The number of fused-ring (bicyclic) bond motifs is 3. The molecule has 2 fully saturated rings. The van der Waals surface area contributed by atoms with Gasteiger partial charge in [-0.05, 0) is 43.7 Å². The molecule has 10 nitrogen and oxygen atoms in total. The first-order chi connectivity index (χ1) is 19.1. The van der Waals surface area contributed by atoms with E-state index in [2.05, 4.69) is 35.2 Å². The highest BCUT2D eigenvalue weighted by Crippen LogP contribution is 2.49. The largest absolute Gasteiger partial charge is 0.465 e. The van der Waals surface area contributed by atoms with Crippen molar-refractivity contribution in [2.75, 3.05) is 11.0 Å². The van der Waals surface area contributed by atoms with Gasteiger partial charge >= 0.3 is 22.6 Å². The quantitative estimate of drug-likeness (QED) is 0.112. The number of carbonyl (C=O) groups is 2. The number of esters is 1. The van der Waals surface area contributed by atoms with Crippen molar-refractivity contribution < 1.29 is 24.2 Å². The minimum absolute atomic E-state index is 0.121. The van der Waals surface area contributed by atoms with E-state index in [0.29, 0.717) is 25.0 Å². The van der Waals surface area contributed by atoms with Gasteiger partial charge in [0.25, 0.3) is 0 Å². The summed E-state index contributed by atoms with van der Waals surface area (Å²) in [6.45, 7) is 7.09. The van der Waals surface area contributed by atoms with Gasteiger partial charge in [0, 0.05) is 47.1 Å². The number of ether oxygens (including phenoxy) is 2. The van der Waals surface area contributed by atoms with Crippen molar-refractivity contribution in [3.8, 4) is 0 Å². The molecule has 3 heterocycles. The van der Waals surface area contributed by atoms with Gasteiger partial charge in [-0.1, -0.05) is 65.1 Å². The van der Waals surface area contributed by atoms with E-state index in [-0.39, 0.29) is 59.9 Å². The van der Waals surface area contributed by atoms with E-state index in [1.165, 1.54) is 13.4 Å². The second-order valence-corrected chi connectivity index (χ2v) is 12.8. The highest BCUT2D eigenvalue weighted by atomic mass is 127. The number of amides is 1. The summed E-state index contributed by atoms with van der Waals surface area (Å²) in [5.74, 6) is -0.517. The maximum atomic E-state index is 12.5. The summed E-state index contributed by atoms with van der Waals surface area (Å²) in [6.07, 6.45) is 3.41. The van der Waals surface area contributed by atoms with Crippen LogP contribution < -0.4 is 10.6 Å². The van der Waals surface area contributed by atoms with Gasteiger partial charge in [0.1, 0.15) is 12.2 Å². The van der Waals surface area contributed by atoms with E-state index in [0.717, 1.165) is 45.5 Å². The number of carboxylic acid groups (broad SMARTS) is 1. The Hall–Kier alpha value is -2.71. The molecule has 5 rings (SSSR count). The van der Waals surface area contributed by atoms with Crippen molar-refractivity contribution in [1.29, 1.82) is 0 Å². The van der Waals surface area contributed by atoms with Crippen molar-refractivity contribution in [2.45, 2.75) is 70.1 Å². The topological polar surface area (TPSA) is 123 Å². The number of benzene rings is 1. The number of nitrogens with zero attached hydrogens (tertiary/aromatic N) is 3. The van der Waals surface area contributed by atoms with E-state index >= 15 is 0 Å². The third kappa shape index (κ3) is 5.98. The van der Waals surface area contributed by atoms with Crippen LogP contribution in [-0.2, 0) is 33.9 Å². The number of rotatable bonds is 8. The Morgan fingerprint density at radius 2 is 1.95 bits per heavy atom. The number of halogens is 1. The molecular weight excluding hydrogens is 649 g/mol. The number of carbonyl (C=O) groups excluding carboxylic acids is 1. The molecule has 0 bridgehead atoms. The van der Waals surface area contributed by atoms with Gasteiger partial charge in [-0.2, -0.15) is 0 Å². The van der Waals surface area contributed by atoms with E-state index in [9.17, 15) is 24.3 Å². The van der Waals surface area contributed by atoms with E-state index in [1.807, 2.05) is 31.2 Å². The first-order valence-electron chi connectivity index (χ1n) is 13.3. The smallest absolute Gasteiger partial charge is 0.407 e. The molecule has 1 aromatic carbocycles. The third-order valence-corrected chi connectivity index (χ3v) is 9.40. The number of hydrogen-bond donors (Lipinski definition) is 1. The molecule has 0 spiro atoms. The summed E-state index contributed by atoms with van der Waals surface area (Å²) >= 11 is 3.09. The molecule has 12 heteroatoms. The Bertz CT molecular complexity index is 1460. The highest BCUT2D eigenvalue weighted by molar-refractivity contribution is 14.1. The van der Waals surface area contributed by atoms with Gasteiger partial charge in [0.2, 0.25) is 0 Å². The molecule has 1 aliphatic carbocycles. The van der Waals surface area contributed by atoms with Gasteiger partial charge in [-0.15, -0.1) is 0 Å². The van der Waals surface area contributed by atoms with E-state index in [4.69, 9.17) is 9.47 Å². The summed E-state index contributed by atoms with van der Waals surface area (Å²) in [4.78, 5) is 50.3. The lowest BCUT2D eigenvalue weighted by atomic mass is 9.84. The van der Waals surface area contributed by atoms with Crippen LogP contribution >= 0.6 is 34.1 Å². The minimum atomic E-state index is -1.03. The SMILES string of the molecule is C=C1C(=O)O[C@H]2[C@H]1CC/C(CN(Cc1ccc(Cn3c(=O)sn(CCI)c3=O)cc1)C(=O)O)=C\CC[C@@]1(C)O[C@@H]21. The predicted octanol–water partition coefficient (Wildman–Crippen LogP) is 3.79. The van der Waals surface area contributed by atoms with Crippen LogP contribution in [0.1, 0.15) is 43.7 Å². The predicted molar refractivity (Wildman–Crippen MR) is 158 cm³/mol. The molecule has 2 saturated heterocycles. The fourth-order valence-corrected chi connectivity index (χ4v) is 7.20. The number of aryl methyl sites for hydroxylation is 1. The van der Waals surface area contributed by atoms with Crippen molar-refractivity contribution >= 4 is 46.2 Å². The molecule has 214 valence electrons. The zero-order chi connectivity index (χ0) is 28.6. The third-order valence-electron chi connectivity index (χ3n) is 7.98. The van der Waals surface area contributed by atoms with E-state index in [1.54, 1.807) is 0 Å². The Morgan fingerprint density at radius 1 is 1.23 bits per heavy atom. The summed E-state index contributed by atoms with van der Waals surface area (Å²) in [5.41, 5.74) is 2.39. The molecule has 1 amide bonds. The van der Waals surface area contributed by atoms with Crippen molar-refractivity contribution in [3.05, 3.63) is 79.3 Å². The van der Waals surface area contributed by atoms with Crippen molar-refractivity contribution in [3.63, 3.8) is 0 Å². The zero-order valence-electron chi connectivity index (χ0n) is 22.2. The second-order valence-electron chi connectivity index (χ2n) is 10.8. The first kappa shape index (κ1) is 28.8. The second kappa shape index (κ2) is 11.6. The molecule has 1 N–H and O–H groups in total. The molecule has 3 aliphatic rings. The summed E-state index contributed by atoms with van der Waals surface area (Å²) in [5, 5.41) is 9.99. The molecule has 2 aliphatic heterocycles. The van der Waals surface area contributed by atoms with E-state index < -0.39 is 6.09 Å². The average Bonchev–Trinajstić information content (AvgIpc) is 3.41. The first-order valence-corrected chi connectivity index (χ1v) is 15.6. The molecule has 4 atom stereocenters. The van der Waals surface area contributed by atoms with Crippen LogP contribution in [0.2, 0.25) is 0 Å². The van der Waals surface area contributed by atoms with Gasteiger partial charge in [0.05, 0.1) is 12.1 Å². The summed E-state index contributed by atoms with van der Waals surface area (Å²) in [7, 11) is 0. The minimum Gasteiger partial charge on any atom is -0.465 e. The fraction of sp³-hybridized carbons (Fsp3) is 0.500. The Balaban J connectivity index is 1.26. The van der Waals surface area contributed by atoms with Crippen LogP contribution in [-0.4, -0.2) is 59.4 Å². The fourth-order valence-electron chi connectivity index (χ4n) is 5.60. The number of aromatic nitrogens is 2. The van der Waals surface area contributed by atoms with Gasteiger partial charge in [-0.3, -0.25) is 4.79 Å². The van der Waals surface area contributed by atoms with Crippen LogP contribution in [0.25, 0.3) is 0 Å². The van der Waals surface area contributed by atoms with Gasteiger partial charge in [0.15, 0.2) is 0 Å². The molecule has 0 saturated carbocycles. The van der Waals surface area contributed by atoms with Gasteiger partial charge in [-0.25, -0.2) is 22.9 Å². The standard InChI is InChI=1S/C28H32IN3O7S/c1-17-21-10-9-18(4-3-11-28(2)23(39-28)22(21)38-24(17)33)14-30(26(35)36)15-19-5-7-20(8-6-19)16-31-25(34)32(13-12-29)40-27(31)37/h4-8,21-23H,1,3,9-16H2,2H3,(H,35,36)/b18-4+/t21-,22-,23-,28+/m0/s1. The molecular formula is C28H32IN3O7S. The van der Waals surface area contributed by atoms with Crippen molar-refractivity contribution in [2.24, 2.45) is 5.92 Å². The highest BCUT2D eigenvalue weighted by Gasteiger charge is 2.61. The number of allylic oxidation sites excluding steroid dienone is 1. The Labute approximate surface area is 249 Å². The molecule has 0 radical (unpaired) electrons. The average molecular weight is 682 g/mol.